The maximum Gasteiger partial charge on any atom is 0.143 e. The average molecular weight is 196 g/mol. The molecule has 0 radical (unpaired) electrons. The van der Waals surface area contributed by atoms with E-state index in [9.17, 15) is 4.79 Å². The van der Waals surface area contributed by atoms with Crippen molar-refractivity contribution in [2.24, 2.45) is 10.9 Å². The van der Waals surface area contributed by atoms with E-state index < -0.39 is 0 Å². The first kappa shape index (κ1) is 9.65. The van der Waals surface area contributed by atoms with Gasteiger partial charge in [-0.2, -0.15) is 0 Å². The topological polar surface area (TPSA) is 50.7 Å². The molecule has 14 heavy (non-hydrogen) atoms. The Morgan fingerprint density at radius 2 is 2.29 bits per heavy atom. The molecular weight excluding hydrogens is 180 g/mol. The van der Waals surface area contributed by atoms with Gasteiger partial charge in [-0.3, -0.25) is 9.79 Å². The van der Waals surface area contributed by atoms with Crippen molar-refractivity contribution in [3.8, 4) is 0 Å². The summed E-state index contributed by atoms with van der Waals surface area (Å²) in [7, 11) is 0. The van der Waals surface area contributed by atoms with Gasteiger partial charge in [-0.05, 0) is 12.8 Å². The van der Waals surface area contributed by atoms with Gasteiger partial charge in [0.15, 0.2) is 0 Å². The molecule has 1 fully saturated rings. The third-order valence-corrected chi connectivity index (χ3v) is 2.76. The molecule has 0 unspecified atom stereocenters. The molecule has 2 aliphatic rings. The number of rotatable bonds is 3. The molecule has 0 aromatic carbocycles. The summed E-state index contributed by atoms with van der Waals surface area (Å²) < 4.78 is 5.22. The summed E-state index contributed by atoms with van der Waals surface area (Å²) in [6.07, 6.45) is 2.25. The fraction of sp³-hybridized carbons (Fsp3) is 0.800. The Balaban J connectivity index is 1.81. The Morgan fingerprint density at radius 1 is 1.50 bits per heavy atom. The summed E-state index contributed by atoms with van der Waals surface area (Å²) >= 11 is 0. The molecule has 0 spiro atoms. The van der Waals surface area contributed by atoms with Gasteiger partial charge in [-0.1, -0.05) is 0 Å². The Hall–Kier alpha value is -0.900. The second-order valence-electron chi connectivity index (χ2n) is 3.78. The number of ketones is 1. The predicted octanol–water partition coefficient (Wildman–Crippen LogP) is 0.374. The van der Waals surface area contributed by atoms with E-state index in [0.29, 0.717) is 12.2 Å². The molecule has 1 N–H and O–H groups in total. The van der Waals surface area contributed by atoms with Crippen molar-refractivity contribution in [3.63, 3.8) is 0 Å². The number of hydrogen-bond donors (Lipinski definition) is 1. The largest absolute Gasteiger partial charge is 0.381 e. The third kappa shape index (κ3) is 2.32. The minimum absolute atomic E-state index is 0.203. The fourth-order valence-electron chi connectivity index (χ4n) is 1.89. The van der Waals surface area contributed by atoms with E-state index in [1.54, 1.807) is 0 Å². The van der Waals surface area contributed by atoms with Crippen LogP contribution in [0.5, 0.6) is 0 Å². The highest BCUT2D eigenvalue weighted by Gasteiger charge is 2.23. The van der Waals surface area contributed by atoms with Gasteiger partial charge in [0.2, 0.25) is 0 Å². The second-order valence-corrected chi connectivity index (χ2v) is 3.78. The van der Waals surface area contributed by atoms with Gasteiger partial charge < -0.3 is 10.1 Å². The van der Waals surface area contributed by atoms with Crippen LogP contribution in [0.4, 0.5) is 0 Å². The minimum Gasteiger partial charge on any atom is -0.381 e. The van der Waals surface area contributed by atoms with E-state index in [2.05, 4.69) is 10.3 Å². The molecule has 78 valence electrons. The van der Waals surface area contributed by atoms with E-state index in [1.165, 1.54) is 0 Å². The van der Waals surface area contributed by atoms with Crippen LogP contribution < -0.4 is 5.32 Å². The van der Waals surface area contributed by atoms with Gasteiger partial charge in [0, 0.05) is 25.7 Å². The number of ether oxygens (including phenoxy) is 1. The van der Waals surface area contributed by atoms with Crippen molar-refractivity contribution in [1.82, 2.24) is 5.32 Å². The SMILES string of the molecule is O=C(CC1=NCCN1)C1CCOCC1. The number of amidine groups is 1. The lowest BCUT2D eigenvalue weighted by Crippen LogP contribution is -2.28. The zero-order chi connectivity index (χ0) is 9.80. The molecule has 2 aliphatic heterocycles. The minimum atomic E-state index is 0.203. The first-order chi connectivity index (χ1) is 6.86. The fourth-order valence-corrected chi connectivity index (χ4v) is 1.89. The first-order valence-corrected chi connectivity index (χ1v) is 5.24. The normalized spacial score (nSPS) is 23.0. The molecule has 1 saturated heterocycles. The quantitative estimate of drug-likeness (QED) is 0.709. The van der Waals surface area contributed by atoms with Crippen LogP contribution in [0.3, 0.4) is 0 Å². The molecule has 0 amide bonds. The summed E-state index contributed by atoms with van der Waals surface area (Å²) in [5, 5.41) is 3.12. The Labute approximate surface area is 83.7 Å². The molecule has 0 aliphatic carbocycles. The van der Waals surface area contributed by atoms with E-state index in [1.807, 2.05) is 0 Å². The maximum absolute atomic E-state index is 11.8. The van der Waals surface area contributed by atoms with E-state index in [4.69, 9.17) is 4.74 Å². The molecular formula is C10H16N2O2. The van der Waals surface area contributed by atoms with Crippen LogP contribution in [-0.2, 0) is 9.53 Å². The molecule has 0 atom stereocenters. The second kappa shape index (κ2) is 4.55. The Bertz CT molecular complexity index is 245. The van der Waals surface area contributed by atoms with Crippen molar-refractivity contribution in [1.29, 1.82) is 0 Å². The molecule has 0 bridgehead atoms. The van der Waals surface area contributed by atoms with Gasteiger partial charge in [0.1, 0.15) is 11.6 Å². The van der Waals surface area contributed by atoms with Crippen molar-refractivity contribution in [2.45, 2.75) is 19.3 Å². The van der Waals surface area contributed by atoms with Crippen LogP contribution in [0, 0.1) is 5.92 Å². The van der Waals surface area contributed by atoms with Gasteiger partial charge >= 0.3 is 0 Å². The molecule has 0 saturated carbocycles. The van der Waals surface area contributed by atoms with Crippen LogP contribution in [0.1, 0.15) is 19.3 Å². The summed E-state index contributed by atoms with van der Waals surface area (Å²) in [5.74, 6) is 1.40. The molecule has 0 aromatic heterocycles. The van der Waals surface area contributed by atoms with E-state index in [0.717, 1.165) is 45.0 Å². The summed E-state index contributed by atoms with van der Waals surface area (Å²) in [4.78, 5) is 16.0. The molecule has 0 aromatic rings. The number of aliphatic imine (C=N–C) groups is 1. The zero-order valence-corrected chi connectivity index (χ0v) is 8.29. The molecule has 4 nitrogen and oxygen atoms in total. The highest BCUT2D eigenvalue weighted by Crippen LogP contribution is 2.17. The molecule has 2 heterocycles. The lowest BCUT2D eigenvalue weighted by atomic mass is 9.93. The van der Waals surface area contributed by atoms with Gasteiger partial charge in [-0.25, -0.2) is 0 Å². The number of hydrogen-bond acceptors (Lipinski definition) is 4. The number of nitrogens with one attached hydrogen (secondary N) is 1. The zero-order valence-electron chi connectivity index (χ0n) is 8.29. The number of Topliss-reactive ketones (excluding diaryl/α,β-unsaturated/α-hetero) is 1. The summed E-state index contributed by atoms with van der Waals surface area (Å²) in [5.41, 5.74) is 0. The third-order valence-electron chi connectivity index (χ3n) is 2.76. The first-order valence-electron chi connectivity index (χ1n) is 5.24. The highest BCUT2D eigenvalue weighted by molar-refractivity contribution is 6.02. The lowest BCUT2D eigenvalue weighted by Gasteiger charge is -2.20. The van der Waals surface area contributed by atoms with Crippen LogP contribution in [-0.4, -0.2) is 37.9 Å². The lowest BCUT2D eigenvalue weighted by molar-refractivity contribution is -0.124. The van der Waals surface area contributed by atoms with Gasteiger partial charge in [-0.15, -0.1) is 0 Å². The smallest absolute Gasteiger partial charge is 0.143 e. The number of carbonyl (C=O) groups is 1. The standard InChI is InChI=1S/C10H16N2O2/c13-9(7-10-11-3-4-12-10)8-1-5-14-6-2-8/h8H,1-7H2,(H,11,12). The number of nitrogens with zero attached hydrogens (tertiary/aromatic N) is 1. The van der Waals surface area contributed by atoms with Gasteiger partial charge in [0.05, 0.1) is 13.0 Å². The number of carbonyl (C=O) groups excluding carboxylic acids is 1. The van der Waals surface area contributed by atoms with Crippen molar-refractivity contribution in [2.75, 3.05) is 26.3 Å². The molecule has 4 heteroatoms. The van der Waals surface area contributed by atoms with Crippen molar-refractivity contribution >= 4 is 11.6 Å². The Kier molecular flexibility index (Phi) is 3.14. The van der Waals surface area contributed by atoms with Crippen molar-refractivity contribution in [3.05, 3.63) is 0 Å². The van der Waals surface area contributed by atoms with E-state index in [-0.39, 0.29) is 5.92 Å². The predicted molar refractivity (Wildman–Crippen MR) is 53.5 cm³/mol. The van der Waals surface area contributed by atoms with Crippen LogP contribution in [0.2, 0.25) is 0 Å². The monoisotopic (exact) mass is 196 g/mol. The maximum atomic E-state index is 11.8. The van der Waals surface area contributed by atoms with Crippen LogP contribution in [0.25, 0.3) is 0 Å². The average Bonchev–Trinajstić information content (AvgIpc) is 2.72. The Morgan fingerprint density at radius 3 is 2.93 bits per heavy atom. The van der Waals surface area contributed by atoms with E-state index >= 15 is 0 Å². The van der Waals surface area contributed by atoms with Crippen molar-refractivity contribution < 1.29 is 9.53 Å². The summed E-state index contributed by atoms with van der Waals surface area (Å²) in [6.45, 7) is 3.17. The van der Waals surface area contributed by atoms with Gasteiger partial charge in [0.25, 0.3) is 0 Å². The summed E-state index contributed by atoms with van der Waals surface area (Å²) in [6, 6.07) is 0. The highest BCUT2D eigenvalue weighted by atomic mass is 16.5. The van der Waals surface area contributed by atoms with Crippen LogP contribution >= 0.6 is 0 Å². The van der Waals surface area contributed by atoms with Crippen LogP contribution in [0.15, 0.2) is 4.99 Å². The molecule has 2 rings (SSSR count).